The fraction of sp³-hybridized carbons (Fsp3) is 0.167. The van der Waals surface area contributed by atoms with Crippen LogP contribution in [0.1, 0.15) is 50.0 Å². The molecule has 0 saturated carbocycles. The Balaban J connectivity index is 0.959. The molecule has 8 rings (SSSR count). The summed E-state index contributed by atoms with van der Waals surface area (Å²) >= 11 is 0. The molecule has 0 bridgehead atoms. The molecule has 1 amide bonds. The molecular formula is C42H35F2N9O4. The van der Waals surface area contributed by atoms with Crippen molar-refractivity contribution in [2.75, 3.05) is 5.32 Å². The zero-order valence-corrected chi connectivity index (χ0v) is 30.5. The van der Waals surface area contributed by atoms with E-state index in [1.165, 1.54) is 6.20 Å². The van der Waals surface area contributed by atoms with Gasteiger partial charge in [-0.25, -0.2) is 13.8 Å². The van der Waals surface area contributed by atoms with Crippen LogP contribution in [0.25, 0.3) is 17.0 Å². The van der Waals surface area contributed by atoms with E-state index < -0.39 is 30.4 Å². The molecule has 0 aliphatic carbocycles. The molecule has 13 nitrogen and oxygen atoms in total. The molecule has 286 valence electrons. The monoisotopic (exact) mass is 767 g/mol. The van der Waals surface area contributed by atoms with Crippen molar-refractivity contribution < 1.29 is 27.9 Å². The van der Waals surface area contributed by atoms with Gasteiger partial charge in [0.15, 0.2) is 11.4 Å². The van der Waals surface area contributed by atoms with Crippen LogP contribution >= 0.6 is 0 Å². The SMILES string of the molecule is Cc1ccc(-c2noc(C[C@H](O)C(F)F)n2)cc1NC(=O)c1cnc2cc(COCc3nnn(C(c4ccccc4)(c4ccccc4)c4ccccc4)n3)ccn12. The molecule has 0 unspecified atom stereocenters. The summed E-state index contributed by atoms with van der Waals surface area (Å²) in [6, 6.07) is 39.1. The van der Waals surface area contributed by atoms with Crippen LogP contribution in [0.2, 0.25) is 0 Å². The Kier molecular flexibility index (Phi) is 10.4. The van der Waals surface area contributed by atoms with Gasteiger partial charge in [-0.15, -0.1) is 15.0 Å². The predicted molar refractivity (Wildman–Crippen MR) is 204 cm³/mol. The van der Waals surface area contributed by atoms with E-state index in [1.54, 1.807) is 33.6 Å². The number of halogens is 2. The third-order valence-electron chi connectivity index (χ3n) is 9.53. The van der Waals surface area contributed by atoms with E-state index in [-0.39, 0.29) is 24.9 Å². The highest BCUT2D eigenvalue weighted by Gasteiger charge is 2.41. The van der Waals surface area contributed by atoms with Gasteiger partial charge in [0.05, 0.1) is 19.2 Å². The second-order valence-electron chi connectivity index (χ2n) is 13.3. The van der Waals surface area contributed by atoms with Gasteiger partial charge in [-0.2, -0.15) is 4.98 Å². The number of nitrogens with zero attached hydrogens (tertiary/aromatic N) is 8. The summed E-state index contributed by atoms with van der Waals surface area (Å²) in [6.07, 6.45) is -2.11. The van der Waals surface area contributed by atoms with Crippen molar-refractivity contribution in [1.82, 2.24) is 39.7 Å². The van der Waals surface area contributed by atoms with Crippen LogP contribution < -0.4 is 5.32 Å². The molecule has 0 radical (unpaired) electrons. The molecule has 0 aliphatic rings. The maximum Gasteiger partial charge on any atom is 0.274 e. The van der Waals surface area contributed by atoms with Crippen molar-refractivity contribution >= 4 is 17.2 Å². The summed E-state index contributed by atoms with van der Waals surface area (Å²) < 4.78 is 38.3. The number of tetrazole rings is 1. The van der Waals surface area contributed by atoms with Crippen molar-refractivity contribution in [3.8, 4) is 11.4 Å². The van der Waals surface area contributed by atoms with Crippen LogP contribution in [0.15, 0.2) is 138 Å². The van der Waals surface area contributed by atoms with Crippen molar-refractivity contribution in [2.24, 2.45) is 0 Å². The molecule has 4 heterocycles. The van der Waals surface area contributed by atoms with Crippen LogP contribution in [0.5, 0.6) is 0 Å². The summed E-state index contributed by atoms with van der Waals surface area (Å²) in [5.74, 6) is 0.00286. The maximum atomic E-state index is 13.5. The number of fused-ring (bicyclic) bond motifs is 1. The zero-order valence-electron chi connectivity index (χ0n) is 30.5. The smallest absolute Gasteiger partial charge is 0.274 e. The van der Waals surface area contributed by atoms with Gasteiger partial charge in [-0.05, 0) is 58.2 Å². The largest absolute Gasteiger partial charge is 0.387 e. The number of imidazole rings is 1. The van der Waals surface area contributed by atoms with Crippen LogP contribution in [0, 0.1) is 6.92 Å². The van der Waals surface area contributed by atoms with Gasteiger partial charge in [-0.3, -0.25) is 9.20 Å². The molecule has 4 aromatic carbocycles. The number of benzene rings is 4. The first-order valence-corrected chi connectivity index (χ1v) is 18.0. The minimum absolute atomic E-state index is 0.100. The van der Waals surface area contributed by atoms with Gasteiger partial charge in [0.2, 0.25) is 11.7 Å². The number of rotatable bonds is 14. The fourth-order valence-electron chi connectivity index (χ4n) is 6.67. The van der Waals surface area contributed by atoms with E-state index in [1.807, 2.05) is 73.7 Å². The van der Waals surface area contributed by atoms with E-state index in [4.69, 9.17) is 14.4 Å². The molecule has 1 atom stereocenters. The van der Waals surface area contributed by atoms with Gasteiger partial charge in [0.25, 0.3) is 12.3 Å². The Morgan fingerprint density at radius 1 is 0.895 bits per heavy atom. The molecule has 57 heavy (non-hydrogen) atoms. The third kappa shape index (κ3) is 7.53. The third-order valence-corrected chi connectivity index (χ3v) is 9.53. The highest BCUT2D eigenvalue weighted by molar-refractivity contribution is 6.04. The molecule has 8 aromatic rings. The van der Waals surface area contributed by atoms with Gasteiger partial charge >= 0.3 is 0 Å². The summed E-state index contributed by atoms with van der Waals surface area (Å²) in [4.78, 5) is 23.7. The second-order valence-corrected chi connectivity index (χ2v) is 13.3. The number of ether oxygens (including phenoxy) is 1. The number of hydrogen-bond donors (Lipinski definition) is 2. The second kappa shape index (κ2) is 16.0. The molecular weight excluding hydrogens is 733 g/mol. The number of hydrogen-bond acceptors (Lipinski definition) is 10. The lowest BCUT2D eigenvalue weighted by Crippen LogP contribution is -2.39. The van der Waals surface area contributed by atoms with E-state index in [0.717, 1.165) is 27.8 Å². The first-order valence-electron chi connectivity index (χ1n) is 18.0. The minimum Gasteiger partial charge on any atom is -0.387 e. The predicted octanol–water partition coefficient (Wildman–Crippen LogP) is 6.66. The Labute approximate surface area is 324 Å². The van der Waals surface area contributed by atoms with Crippen LogP contribution in [0.4, 0.5) is 14.5 Å². The molecule has 0 aliphatic heterocycles. The molecule has 0 spiro atoms. The molecule has 4 aromatic heterocycles. The number of aryl methyl sites for hydroxylation is 1. The van der Waals surface area contributed by atoms with E-state index >= 15 is 0 Å². The lowest BCUT2D eigenvalue weighted by atomic mass is 9.77. The van der Waals surface area contributed by atoms with E-state index in [0.29, 0.717) is 28.4 Å². The topological polar surface area (TPSA) is 158 Å². The van der Waals surface area contributed by atoms with Crippen molar-refractivity contribution in [3.05, 3.63) is 179 Å². The Bertz CT molecular complexity index is 2520. The first-order chi connectivity index (χ1) is 27.8. The van der Waals surface area contributed by atoms with Crippen molar-refractivity contribution in [3.63, 3.8) is 0 Å². The average Bonchev–Trinajstić information content (AvgIpc) is 4.01. The Hall–Kier alpha value is -6.97. The highest BCUT2D eigenvalue weighted by atomic mass is 19.3. The zero-order chi connectivity index (χ0) is 39.4. The molecule has 2 N–H and O–H groups in total. The van der Waals surface area contributed by atoms with E-state index in [2.05, 4.69) is 67.2 Å². The lowest BCUT2D eigenvalue weighted by Gasteiger charge is -2.34. The first kappa shape index (κ1) is 37.0. The quantitative estimate of drug-likeness (QED) is 0.115. The highest BCUT2D eigenvalue weighted by Crippen LogP contribution is 2.39. The summed E-state index contributed by atoms with van der Waals surface area (Å²) in [5.41, 5.74) is 5.42. The molecule has 0 fully saturated rings. The summed E-state index contributed by atoms with van der Waals surface area (Å²) in [6.45, 7) is 2.15. The number of pyridine rings is 1. The molecule has 15 heteroatoms. The number of amides is 1. The standard InChI is InChI=1S/C42H35F2N9O4/c1-27-17-18-29(40-47-38(57-50-40)23-35(54)39(43)44)22-33(27)46-41(55)34-24-45-37-21-28(19-20-52(34)37)25-56-26-36-48-51-53(49-36)42(30-11-5-2-6-12-30,31-13-7-3-8-14-31)32-15-9-4-10-16-32/h2-22,24,35,39,54H,23,25-26H2,1H3,(H,46,55)/t35-/m0/s1. The van der Waals surface area contributed by atoms with Crippen LogP contribution in [0.3, 0.4) is 0 Å². The number of carbonyl (C=O) groups is 1. The average molecular weight is 768 g/mol. The number of aromatic nitrogens is 8. The number of aliphatic hydroxyl groups is 1. The Morgan fingerprint density at radius 2 is 1.56 bits per heavy atom. The number of alkyl halides is 2. The summed E-state index contributed by atoms with van der Waals surface area (Å²) in [7, 11) is 0. The van der Waals surface area contributed by atoms with Crippen LogP contribution in [-0.2, 0) is 29.9 Å². The van der Waals surface area contributed by atoms with Gasteiger partial charge in [-0.1, -0.05) is 108 Å². The number of nitrogens with one attached hydrogen (secondary N) is 1. The van der Waals surface area contributed by atoms with Gasteiger partial charge in [0.1, 0.15) is 24.1 Å². The van der Waals surface area contributed by atoms with Crippen molar-refractivity contribution in [2.45, 2.75) is 44.6 Å². The molecule has 0 saturated heterocycles. The minimum atomic E-state index is -2.94. The van der Waals surface area contributed by atoms with Gasteiger partial charge in [0, 0.05) is 17.4 Å². The summed E-state index contributed by atoms with van der Waals surface area (Å²) in [5, 5.41) is 30.0. The normalized spacial score (nSPS) is 12.3. The van der Waals surface area contributed by atoms with E-state index in [9.17, 15) is 18.7 Å². The lowest BCUT2D eigenvalue weighted by molar-refractivity contribution is -0.00754. The van der Waals surface area contributed by atoms with Crippen LogP contribution in [-0.4, -0.2) is 63.3 Å². The number of anilines is 1. The number of carbonyl (C=O) groups excluding carboxylic acids is 1. The van der Waals surface area contributed by atoms with Gasteiger partial charge < -0.3 is 19.7 Å². The Morgan fingerprint density at radius 3 is 2.21 bits per heavy atom. The fourth-order valence-corrected chi connectivity index (χ4v) is 6.67. The number of aliphatic hydroxyl groups excluding tert-OH is 1. The van der Waals surface area contributed by atoms with Crippen molar-refractivity contribution in [1.29, 1.82) is 0 Å². The maximum absolute atomic E-state index is 13.5.